The van der Waals surface area contributed by atoms with Crippen LogP contribution in [0.1, 0.15) is 20.8 Å². The maximum Gasteiger partial charge on any atom is 0.231 e. The Hall–Kier alpha value is -1.31. The molecule has 22 heavy (non-hydrogen) atoms. The van der Waals surface area contributed by atoms with Crippen LogP contribution in [0.3, 0.4) is 0 Å². The second-order valence-corrected chi connectivity index (χ2v) is 8.32. The van der Waals surface area contributed by atoms with Crippen molar-refractivity contribution in [3.05, 3.63) is 0 Å². The summed E-state index contributed by atoms with van der Waals surface area (Å²) < 4.78 is 1.26. The second-order valence-electron chi connectivity index (χ2n) is 4.89. The van der Waals surface area contributed by atoms with Crippen molar-refractivity contribution in [1.82, 2.24) is 15.5 Å². The molecule has 0 aromatic carbocycles. The van der Waals surface area contributed by atoms with Crippen molar-refractivity contribution < 1.29 is 9.59 Å². The third-order valence-corrected chi connectivity index (χ3v) is 6.05. The fourth-order valence-electron chi connectivity index (χ4n) is 1.20. The number of primary amides is 1. The molecule has 120 valence electrons. The highest BCUT2D eigenvalue weighted by Crippen LogP contribution is 2.28. The van der Waals surface area contributed by atoms with Gasteiger partial charge < -0.3 is 11.1 Å². The molecule has 0 aliphatic heterocycles. The van der Waals surface area contributed by atoms with E-state index in [4.69, 9.17) is 11.0 Å². The van der Waals surface area contributed by atoms with Gasteiger partial charge in [0.05, 0.1) is 17.6 Å². The van der Waals surface area contributed by atoms with Crippen LogP contribution in [0, 0.1) is 17.2 Å². The summed E-state index contributed by atoms with van der Waals surface area (Å²) in [6.45, 7) is 5.46. The van der Waals surface area contributed by atoms with E-state index in [9.17, 15) is 9.59 Å². The van der Waals surface area contributed by atoms with E-state index in [1.165, 1.54) is 34.9 Å². The molecule has 1 aromatic rings. The molecule has 2 amide bonds. The molecule has 0 aliphatic carbocycles. The third-order valence-electron chi connectivity index (χ3n) is 2.84. The molecule has 0 saturated heterocycles. The highest BCUT2D eigenvalue weighted by Gasteiger charge is 2.29. The number of nitrogens with two attached hydrogens (primary N) is 1. The van der Waals surface area contributed by atoms with E-state index < -0.39 is 11.4 Å². The molecular formula is C12H17N5O2S3. The van der Waals surface area contributed by atoms with E-state index in [2.05, 4.69) is 21.6 Å². The summed E-state index contributed by atoms with van der Waals surface area (Å²) in [5.41, 5.74) is 4.17. The van der Waals surface area contributed by atoms with Crippen LogP contribution in [-0.4, -0.2) is 39.1 Å². The van der Waals surface area contributed by atoms with Gasteiger partial charge in [-0.25, -0.2) is 0 Å². The molecule has 0 spiro atoms. The minimum Gasteiger partial charge on any atom is -0.369 e. The first-order valence-corrected chi connectivity index (χ1v) is 9.15. The van der Waals surface area contributed by atoms with Crippen molar-refractivity contribution in [2.45, 2.75) is 35.0 Å². The summed E-state index contributed by atoms with van der Waals surface area (Å²) in [7, 11) is 0. The predicted octanol–water partition coefficient (Wildman–Crippen LogP) is 1.26. The average molecular weight is 360 g/mol. The highest BCUT2D eigenvalue weighted by atomic mass is 32.2. The molecule has 0 fully saturated rings. The van der Waals surface area contributed by atoms with Crippen molar-refractivity contribution in [3.63, 3.8) is 0 Å². The first-order valence-electron chi connectivity index (χ1n) is 6.36. The molecule has 0 bridgehead atoms. The SMILES string of the molecule is CC(C)[C@@](C)(C#N)NC(=O)CSc1nnc(SCC(N)=O)s1. The standard InChI is InChI=1S/C12H17N5O2S3/c1-7(2)12(3,6-13)15-9(19)5-21-11-17-16-10(22-11)20-4-8(14)18/h7H,4-5H2,1-3H3,(H2,14,18)(H,15,19)/t12-/m1/s1. The van der Waals surface area contributed by atoms with Gasteiger partial charge in [-0.3, -0.25) is 9.59 Å². The number of nitrogens with zero attached hydrogens (tertiary/aromatic N) is 3. The summed E-state index contributed by atoms with van der Waals surface area (Å²) in [5, 5.41) is 19.7. The first kappa shape index (κ1) is 18.7. The number of hydrogen-bond acceptors (Lipinski definition) is 8. The lowest BCUT2D eigenvalue weighted by atomic mass is 9.90. The molecule has 10 heteroatoms. The van der Waals surface area contributed by atoms with Gasteiger partial charge in [0.25, 0.3) is 0 Å². The largest absolute Gasteiger partial charge is 0.369 e. The van der Waals surface area contributed by atoms with Gasteiger partial charge in [-0.15, -0.1) is 10.2 Å². The predicted molar refractivity (Wildman–Crippen MR) is 87.6 cm³/mol. The zero-order valence-electron chi connectivity index (χ0n) is 12.5. The van der Waals surface area contributed by atoms with Gasteiger partial charge in [0, 0.05) is 0 Å². The van der Waals surface area contributed by atoms with Crippen LogP contribution in [0.2, 0.25) is 0 Å². The molecular weight excluding hydrogens is 342 g/mol. The van der Waals surface area contributed by atoms with Crippen molar-refractivity contribution in [3.8, 4) is 6.07 Å². The average Bonchev–Trinajstić information content (AvgIpc) is 2.90. The number of carbonyl (C=O) groups excluding carboxylic acids is 2. The monoisotopic (exact) mass is 359 g/mol. The normalized spacial score (nSPS) is 13.4. The fourth-order valence-corrected chi connectivity index (χ4v) is 3.76. The molecule has 1 rings (SSSR count). The number of nitriles is 1. The van der Waals surface area contributed by atoms with Crippen LogP contribution in [0.4, 0.5) is 0 Å². The number of thioether (sulfide) groups is 2. The summed E-state index contributed by atoms with van der Waals surface area (Å²) in [4.78, 5) is 22.6. The maximum absolute atomic E-state index is 11.9. The van der Waals surface area contributed by atoms with E-state index in [0.717, 1.165) is 0 Å². The minimum atomic E-state index is -0.888. The Labute approximate surface area is 141 Å². The highest BCUT2D eigenvalue weighted by molar-refractivity contribution is 8.03. The minimum absolute atomic E-state index is 0.00443. The van der Waals surface area contributed by atoms with Gasteiger partial charge in [-0.2, -0.15) is 5.26 Å². The lowest BCUT2D eigenvalue weighted by Crippen LogP contribution is -2.49. The topological polar surface area (TPSA) is 122 Å². The number of carbonyl (C=O) groups is 2. The molecule has 1 atom stereocenters. The number of hydrogen-bond donors (Lipinski definition) is 2. The van der Waals surface area contributed by atoms with E-state index in [1.54, 1.807) is 6.92 Å². The second kappa shape index (κ2) is 8.36. The van der Waals surface area contributed by atoms with Crippen LogP contribution in [0.5, 0.6) is 0 Å². The zero-order valence-corrected chi connectivity index (χ0v) is 14.9. The first-order chi connectivity index (χ1) is 10.3. The van der Waals surface area contributed by atoms with Gasteiger partial charge in [-0.1, -0.05) is 48.7 Å². The van der Waals surface area contributed by atoms with E-state index in [0.29, 0.717) is 8.68 Å². The molecule has 0 aliphatic rings. The smallest absolute Gasteiger partial charge is 0.231 e. The molecule has 1 heterocycles. The van der Waals surface area contributed by atoms with Crippen molar-refractivity contribution >= 4 is 46.7 Å². The Morgan fingerprint density at radius 2 is 1.91 bits per heavy atom. The van der Waals surface area contributed by atoms with E-state index in [-0.39, 0.29) is 23.3 Å². The lowest BCUT2D eigenvalue weighted by molar-refractivity contribution is -0.120. The van der Waals surface area contributed by atoms with Gasteiger partial charge >= 0.3 is 0 Å². The molecule has 7 nitrogen and oxygen atoms in total. The van der Waals surface area contributed by atoms with Gasteiger partial charge in [-0.05, 0) is 12.8 Å². The van der Waals surface area contributed by atoms with Crippen molar-refractivity contribution in [2.24, 2.45) is 11.7 Å². The number of amides is 2. The summed E-state index contributed by atoms with van der Waals surface area (Å²) >= 11 is 3.75. The molecule has 0 unspecified atom stereocenters. The van der Waals surface area contributed by atoms with Gasteiger partial charge in [0.2, 0.25) is 11.8 Å². The molecule has 0 saturated carbocycles. The van der Waals surface area contributed by atoms with E-state index in [1.807, 2.05) is 13.8 Å². The Balaban J connectivity index is 2.48. The fraction of sp³-hybridized carbons (Fsp3) is 0.583. The Bertz CT molecular complexity index is 584. The molecule has 3 N–H and O–H groups in total. The van der Waals surface area contributed by atoms with Gasteiger partial charge in [0.1, 0.15) is 5.54 Å². The van der Waals surface area contributed by atoms with Crippen LogP contribution < -0.4 is 11.1 Å². The Morgan fingerprint density at radius 1 is 1.36 bits per heavy atom. The lowest BCUT2D eigenvalue weighted by Gasteiger charge is -2.27. The van der Waals surface area contributed by atoms with Crippen LogP contribution in [-0.2, 0) is 9.59 Å². The van der Waals surface area contributed by atoms with Crippen LogP contribution in [0.15, 0.2) is 8.68 Å². The summed E-state index contributed by atoms with van der Waals surface area (Å²) in [6, 6.07) is 2.12. The number of rotatable bonds is 8. The summed E-state index contributed by atoms with van der Waals surface area (Å²) in [5.74, 6) is -0.347. The van der Waals surface area contributed by atoms with Crippen LogP contribution >= 0.6 is 34.9 Å². The number of aromatic nitrogens is 2. The quantitative estimate of drug-likeness (QED) is 0.670. The zero-order chi connectivity index (χ0) is 16.8. The van der Waals surface area contributed by atoms with Gasteiger partial charge in [0.15, 0.2) is 8.68 Å². The maximum atomic E-state index is 11.9. The Kier molecular flexibility index (Phi) is 7.12. The molecule has 1 aromatic heterocycles. The number of nitrogens with one attached hydrogen (secondary N) is 1. The third kappa shape index (κ3) is 5.82. The Morgan fingerprint density at radius 3 is 2.36 bits per heavy atom. The van der Waals surface area contributed by atoms with Crippen molar-refractivity contribution in [2.75, 3.05) is 11.5 Å². The van der Waals surface area contributed by atoms with Crippen LogP contribution in [0.25, 0.3) is 0 Å². The summed E-state index contributed by atoms with van der Waals surface area (Å²) in [6.07, 6.45) is 0. The van der Waals surface area contributed by atoms with Crippen molar-refractivity contribution in [1.29, 1.82) is 5.26 Å². The molecule has 0 radical (unpaired) electrons. The van der Waals surface area contributed by atoms with E-state index >= 15 is 0 Å².